The first-order valence-electron chi connectivity index (χ1n) is 9.24. The summed E-state index contributed by atoms with van der Waals surface area (Å²) in [5.74, 6) is 0.176. The molecule has 3 aromatic rings. The third-order valence-electron chi connectivity index (χ3n) is 5.23. The maximum atomic E-state index is 11.5. The zero-order valence-electron chi connectivity index (χ0n) is 15.7. The number of ether oxygens (including phenoxy) is 1. The minimum atomic E-state index is -0.778. The van der Waals surface area contributed by atoms with Gasteiger partial charge in [-0.15, -0.1) is 0 Å². The van der Waals surface area contributed by atoms with Crippen molar-refractivity contribution in [3.63, 3.8) is 0 Å². The van der Waals surface area contributed by atoms with E-state index in [1.165, 1.54) is 6.33 Å². The molecule has 150 valence electrons. The van der Waals surface area contributed by atoms with E-state index in [1.54, 1.807) is 19.2 Å². The van der Waals surface area contributed by atoms with Crippen LogP contribution < -0.4 is 9.64 Å². The number of nitrogens with zero attached hydrogens (tertiary/aromatic N) is 3. The van der Waals surface area contributed by atoms with Gasteiger partial charge in [-0.25, -0.2) is 9.97 Å². The highest BCUT2D eigenvalue weighted by Gasteiger charge is 2.28. The smallest absolute Gasteiger partial charge is 0.308 e. The molecule has 1 aliphatic heterocycles. The van der Waals surface area contributed by atoms with Crippen LogP contribution in [-0.2, 0) is 4.79 Å². The molecule has 0 aliphatic carbocycles. The summed E-state index contributed by atoms with van der Waals surface area (Å²) in [6.07, 6.45) is 2.96. The maximum absolute atomic E-state index is 11.5. The monoisotopic (exact) mass is 431 g/mol. The molecular weight excluding hydrogens is 413 g/mol. The number of aliphatic carboxylic acids is 1. The Balaban J connectivity index is 1.92. The van der Waals surface area contributed by atoms with Crippen LogP contribution in [0.4, 0.5) is 5.82 Å². The van der Waals surface area contributed by atoms with Crippen LogP contribution in [0.5, 0.6) is 5.75 Å². The Bertz CT molecular complexity index is 1090. The van der Waals surface area contributed by atoms with Gasteiger partial charge in [0.05, 0.1) is 34.0 Å². The lowest BCUT2D eigenvalue weighted by molar-refractivity contribution is -0.141. The van der Waals surface area contributed by atoms with Crippen molar-refractivity contribution in [1.29, 1.82) is 0 Å². The fourth-order valence-corrected chi connectivity index (χ4v) is 4.07. The molecule has 1 atom stereocenters. The number of fused-ring (bicyclic) bond motifs is 1. The molecule has 0 saturated carbocycles. The zero-order chi connectivity index (χ0) is 20.5. The van der Waals surface area contributed by atoms with Gasteiger partial charge in [-0.2, -0.15) is 0 Å². The standard InChI is InChI=1S/C21H19Cl2N3O3/c1-29-14-8-15(12-4-5-16(22)17(23)7-12)19-18(9-14)24-11-25-20(19)26-6-2-3-13(10-26)21(27)28/h4-5,7-9,11,13H,2-3,6,10H2,1H3,(H,27,28). The molecule has 2 aromatic carbocycles. The number of carbonyl (C=O) groups is 1. The first-order chi connectivity index (χ1) is 14.0. The van der Waals surface area contributed by atoms with E-state index >= 15 is 0 Å². The van der Waals surface area contributed by atoms with Crippen LogP contribution in [0.2, 0.25) is 10.0 Å². The average molecular weight is 432 g/mol. The lowest BCUT2D eigenvalue weighted by Crippen LogP contribution is -2.39. The lowest BCUT2D eigenvalue weighted by atomic mass is 9.96. The predicted molar refractivity (Wildman–Crippen MR) is 114 cm³/mol. The lowest BCUT2D eigenvalue weighted by Gasteiger charge is -2.32. The second-order valence-corrected chi connectivity index (χ2v) is 7.83. The number of piperidine rings is 1. The van der Waals surface area contributed by atoms with Crippen molar-refractivity contribution in [2.45, 2.75) is 12.8 Å². The van der Waals surface area contributed by atoms with Crippen molar-refractivity contribution in [3.8, 4) is 16.9 Å². The van der Waals surface area contributed by atoms with Gasteiger partial charge in [0.2, 0.25) is 0 Å². The number of aromatic nitrogens is 2. The number of hydrogen-bond donors (Lipinski definition) is 1. The molecular formula is C21H19Cl2N3O3. The van der Waals surface area contributed by atoms with Gasteiger partial charge in [0, 0.05) is 19.2 Å². The molecule has 1 N–H and O–H groups in total. The van der Waals surface area contributed by atoms with Gasteiger partial charge in [-0.1, -0.05) is 29.3 Å². The number of carboxylic acid groups (broad SMARTS) is 1. The number of benzene rings is 2. The maximum Gasteiger partial charge on any atom is 0.308 e. The molecule has 4 rings (SSSR count). The number of anilines is 1. The van der Waals surface area contributed by atoms with Crippen molar-refractivity contribution < 1.29 is 14.6 Å². The normalized spacial score (nSPS) is 16.8. The van der Waals surface area contributed by atoms with E-state index in [9.17, 15) is 9.90 Å². The molecule has 1 unspecified atom stereocenters. The molecule has 29 heavy (non-hydrogen) atoms. The second-order valence-electron chi connectivity index (χ2n) is 7.02. The molecule has 0 radical (unpaired) electrons. The van der Waals surface area contributed by atoms with Crippen LogP contribution in [0.3, 0.4) is 0 Å². The third-order valence-corrected chi connectivity index (χ3v) is 5.97. The molecule has 0 amide bonds. The molecule has 1 fully saturated rings. The summed E-state index contributed by atoms with van der Waals surface area (Å²) < 4.78 is 5.46. The highest BCUT2D eigenvalue weighted by Crippen LogP contribution is 2.39. The molecule has 1 aromatic heterocycles. The van der Waals surface area contributed by atoms with E-state index in [0.717, 1.165) is 29.5 Å². The Kier molecular flexibility index (Phi) is 5.48. The summed E-state index contributed by atoms with van der Waals surface area (Å²) in [5.41, 5.74) is 2.42. The molecule has 1 aliphatic rings. The largest absolute Gasteiger partial charge is 0.497 e. The van der Waals surface area contributed by atoms with E-state index in [-0.39, 0.29) is 0 Å². The topological polar surface area (TPSA) is 75.5 Å². The molecule has 6 nitrogen and oxygen atoms in total. The predicted octanol–water partition coefficient (Wildman–Crippen LogP) is 4.91. The number of carboxylic acids is 1. The van der Waals surface area contributed by atoms with Crippen molar-refractivity contribution in [2.75, 3.05) is 25.1 Å². The Morgan fingerprint density at radius 2 is 2.03 bits per heavy atom. The van der Waals surface area contributed by atoms with Gasteiger partial charge >= 0.3 is 5.97 Å². The van der Waals surface area contributed by atoms with E-state index in [0.29, 0.717) is 40.1 Å². The van der Waals surface area contributed by atoms with E-state index in [1.807, 2.05) is 23.1 Å². The van der Waals surface area contributed by atoms with Crippen molar-refractivity contribution in [3.05, 3.63) is 46.7 Å². The van der Waals surface area contributed by atoms with Crippen LogP contribution in [0.15, 0.2) is 36.7 Å². The van der Waals surface area contributed by atoms with E-state index in [2.05, 4.69) is 9.97 Å². The van der Waals surface area contributed by atoms with E-state index in [4.69, 9.17) is 27.9 Å². The highest BCUT2D eigenvalue weighted by molar-refractivity contribution is 6.42. The van der Waals surface area contributed by atoms with Crippen molar-refractivity contribution in [1.82, 2.24) is 9.97 Å². The van der Waals surface area contributed by atoms with Gasteiger partial charge in [-0.05, 0) is 42.2 Å². The minimum Gasteiger partial charge on any atom is -0.497 e. The number of hydrogen-bond acceptors (Lipinski definition) is 5. The summed E-state index contributed by atoms with van der Waals surface area (Å²) in [6, 6.07) is 9.18. The van der Waals surface area contributed by atoms with Crippen LogP contribution in [-0.4, -0.2) is 41.2 Å². The summed E-state index contributed by atoms with van der Waals surface area (Å²) in [6.45, 7) is 1.15. The Hall–Kier alpha value is -2.57. The third kappa shape index (κ3) is 3.82. The summed E-state index contributed by atoms with van der Waals surface area (Å²) in [5, 5.41) is 11.2. The molecule has 8 heteroatoms. The summed E-state index contributed by atoms with van der Waals surface area (Å²) in [4.78, 5) is 22.5. The first kappa shape index (κ1) is 19.7. The second kappa shape index (κ2) is 8.05. The Morgan fingerprint density at radius 3 is 2.76 bits per heavy atom. The highest BCUT2D eigenvalue weighted by atomic mass is 35.5. The first-order valence-corrected chi connectivity index (χ1v) is 9.99. The fourth-order valence-electron chi connectivity index (χ4n) is 3.77. The minimum absolute atomic E-state index is 0.411. The average Bonchev–Trinajstić information content (AvgIpc) is 2.74. The van der Waals surface area contributed by atoms with Crippen LogP contribution >= 0.6 is 23.2 Å². The summed E-state index contributed by atoms with van der Waals surface area (Å²) in [7, 11) is 1.60. The molecule has 1 saturated heterocycles. The van der Waals surface area contributed by atoms with E-state index < -0.39 is 11.9 Å². The van der Waals surface area contributed by atoms with Crippen LogP contribution in [0.1, 0.15) is 12.8 Å². The van der Waals surface area contributed by atoms with Gasteiger partial charge < -0.3 is 14.7 Å². The van der Waals surface area contributed by atoms with Gasteiger partial charge in [0.15, 0.2) is 0 Å². The zero-order valence-corrected chi connectivity index (χ0v) is 17.2. The number of methoxy groups -OCH3 is 1. The van der Waals surface area contributed by atoms with Gasteiger partial charge in [-0.3, -0.25) is 4.79 Å². The SMILES string of the molecule is COc1cc(-c2ccc(Cl)c(Cl)c2)c2c(N3CCCC(C(=O)O)C3)ncnc2c1. The van der Waals surface area contributed by atoms with Crippen molar-refractivity contribution >= 4 is 45.9 Å². The quantitative estimate of drug-likeness (QED) is 0.631. The van der Waals surface area contributed by atoms with Gasteiger partial charge in [0.25, 0.3) is 0 Å². The van der Waals surface area contributed by atoms with Gasteiger partial charge in [0.1, 0.15) is 17.9 Å². The molecule has 2 heterocycles. The van der Waals surface area contributed by atoms with Crippen LogP contribution in [0, 0.1) is 5.92 Å². The summed E-state index contributed by atoms with van der Waals surface area (Å²) >= 11 is 12.4. The Labute approximate surface area is 178 Å². The Morgan fingerprint density at radius 1 is 1.21 bits per heavy atom. The van der Waals surface area contributed by atoms with Crippen LogP contribution in [0.25, 0.3) is 22.0 Å². The molecule has 0 spiro atoms. The fraction of sp³-hybridized carbons (Fsp3) is 0.286. The number of halogens is 2. The molecule has 0 bridgehead atoms. The van der Waals surface area contributed by atoms with Crippen molar-refractivity contribution in [2.24, 2.45) is 5.92 Å². The number of rotatable bonds is 4.